The van der Waals surface area contributed by atoms with E-state index in [9.17, 15) is 14.4 Å². The van der Waals surface area contributed by atoms with Crippen molar-refractivity contribution in [3.8, 4) is 0 Å². The SMILES string of the molecule is O=C(NC(C(=O)Nc1ccccc1C(=O)c1ccccn1)N1NNc2ccccc21)OCc1ccccc1. The molecule has 10 heteroatoms. The van der Waals surface area contributed by atoms with E-state index in [0.29, 0.717) is 5.69 Å². The van der Waals surface area contributed by atoms with E-state index < -0.39 is 18.2 Å². The third-order valence-corrected chi connectivity index (χ3v) is 5.78. The largest absolute Gasteiger partial charge is 0.445 e. The standard InChI is InChI=1S/C28H24N6O4/c35-25(23-15-8-9-17-29-23)20-12-4-5-13-21(20)30-27(36)26(34-24-16-7-6-14-22(24)32-33-34)31-28(37)38-18-19-10-2-1-3-11-19/h1-17,26,32-33H,18H2,(H,30,36)(H,31,37). The third-order valence-electron chi connectivity index (χ3n) is 5.78. The molecule has 38 heavy (non-hydrogen) atoms. The average Bonchev–Trinajstić information content (AvgIpc) is 3.39. The number of ketones is 1. The van der Waals surface area contributed by atoms with Crippen LogP contribution in [0.5, 0.6) is 0 Å². The fourth-order valence-corrected chi connectivity index (χ4v) is 3.92. The van der Waals surface area contributed by atoms with Crippen molar-refractivity contribution in [3.05, 3.63) is 120 Å². The highest BCUT2D eigenvalue weighted by Gasteiger charge is 2.34. The van der Waals surface area contributed by atoms with Gasteiger partial charge in [-0.1, -0.05) is 60.7 Å². The van der Waals surface area contributed by atoms with Gasteiger partial charge in [0.1, 0.15) is 12.3 Å². The number of fused-ring (bicyclic) bond motifs is 1. The Balaban J connectivity index is 1.38. The van der Waals surface area contributed by atoms with Gasteiger partial charge in [0.05, 0.1) is 17.1 Å². The second-order valence-corrected chi connectivity index (χ2v) is 8.31. The number of carbonyl (C=O) groups excluding carboxylic acids is 3. The molecule has 4 aromatic rings. The molecule has 1 aromatic heterocycles. The van der Waals surface area contributed by atoms with Gasteiger partial charge in [-0.3, -0.25) is 24.9 Å². The van der Waals surface area contributed by atoms with E-state index in [2.05, 4.69) is 26.6 Å². The smallest absolute Gasteiger partial charge is 0.409 e. The van der Waals surface area contributed by atoms with E-state index in [1.807, 2.05) is 48.5 Å². The summed E-state index contributed by atoms with van der Waals surface area (Å²) in [6.45, 7) is 0.0324. The number of anilines is 3. The van der Waals surface area contributed by atoms with Crippen LogP contribution < -0.4 is 26.6 Å². The number of hydrogen-bond donors (Lipinski definition) is 4. The first kappa shape index (κ1) is 24.5. The van der Waals surface area contributed by atoms with Crippen LogP contribution in [0.4, 0.5) is 21.9 Å². The van der Waals surface area contributed by atoms with E-state index in [1.54, 1.807) is 48.5 Å². The van der Waals surface area contributed by atoms with Crippen molar-refractivity contribution in [3.63, 3.8) is 0 Å². The van der Waals surface area contributed by atoms with Crippen molar-refractivity contribution < 1.29 is 19.1 Å². The minimum atomic E-state index is -1.24. The number of para-hydroxylation sites is 3. The van der Waals surface area contributed by atoms with Crippen molar-refractivity contribution in [2.45, 2.75) is 12.8 Å². The Morgan fingerprint density at radius 2 is 1.61 bits per heavy atom. The number of amides is 2. The molecule has 0 fully saturated rings. The number of pyridine rings is 1. The quantitative estimate of drug-likeness (QED) is 0.265. The molecular weight excluding hydrogens is 484 g/mol. The first-order valence-corrected chi connectivity index (χ1v) is 11.8. The van der Waals surface area contributed by atoms with Gasteiger partial charge in [-0.05, 0) is 42.0 Å². The van der Waals surface area contributed by atoms with Crippen LogP contribution in [0.2, 0.25) is 0 Å². The number of hydrazine groups is 2. The van der Waals surface area contributed by atoms with E-state index in [-0.39, 0.29) is 29.3 Å². The predicted molar refractivity (Wildman–Crippen MR) is 142 cm³/mol. The molecule has 0 saturated heterocycles. The van der Waals surface area contributed by atoms with Crippen LogP contribution in [0.1, 0.15) is 21.6 Å². The molecule has 190 valence electrons. The lowest BCUT2D eigenvalue weighted by Crippen LogP contribution is -2.59. The van der Waals surface area contributed by atoms with Crippen molar-refractivity contribution in [2.75, 3.05) is 15.8 Å². The molecule has 1 aliphatic heterocycles. The Bertz CT molecular complexity index is 1450. The first-order chi connectivity index (χ1) is 18.6. The van der Waals surface area contributed by atoms with Crippen LogP contribution in [0.3, 0.4) is 0 Å². The van der Waals surface area contributed by atoms with Gasteiger partial charge < -0.3 is 15.5 Å². The van der Waals surface area contributed by atoms with Gasteiger partial charge in [0.2, 0.25) is 11.9 Å². The Kier molecular flexibility index (Phi) is 7.23. The fourth-order valence-electron chi connectivity index (χ4n) is 3.92. The van der Waals surface area contributed by atoms with Gasteiger partial charge in [-0.2, -0.15) is 0 Å². The number of ether oxygens (including phenoxy) is 1. The zero-order chi connectivity index (χ0) is 26.3. The lowest BCUT2D eigenvalue weighted by molar-refractivity contribution is -0.118. The molecule has 0 spiro atoms. The molecule has 3 aromatic carbocycles. The van der Waals surface area contributed by atoms with Crippen LogP contribution in [-0.2, 0) is 16.1 Å². The van der Waals surface area contributed by atoms with E-state index >= 15 is 0 Å². The molecule has 1 unspecified atom stereocenters. The van der Waals surface area contributed by atoms with Gasteiger partial charge in [-0.25, -0.2) is 4.79 Å². The number of benzene rings is 3. The normalized spacial score (nSPS) is 12.6. The molecule has 10 nitrogen and oxygen atoms in total. The van der Waals surface area contributed by atoms with E-state index in [4.69, 9.17) is 4.74 Å². The molecule has 1 aliphatic rings. The number of rotatable bonds is 8. The zero-order valence-corrected chi connectivity index (χ0v) is 20.1. The minimum Gasteiger partial charge on any atom is -0.445 e. The number of alkyl carbamates (subject to hydrolysis) is 1. The Morgan fingerprint density at radius 1 is 0.868 bits per heavy atom. The summed E-state index contributed by atoms with van der Waals surface area (Å²) in [5.74, 6) is -0.950. The minimum absolute atomic E-state index is 0.0324. The molecule has 2 amide bonds. The van der Waals surface area contributed by atoms with Crippen LogP contribution in [0.25, 0.3) is 0 Å². The number of nitrogens with one attached hydrogen (secondary N) is 4. The number of hydrogen-bond acceptors (Lipinski definition) is 8. The summed E-state index contributed by atoms with van der Waals surface area (Å²) in [5, 5.41) is 6.87. The molecule has 1 atom stereocenters. The molecule has 0 aliphatic carbocycles. The fraction of sp³-hybridized carbons (Fsp3) is 0.0714. The molecule has 2 heterocycles. The summed E-state index contributed by atoms with van der Waals surface area (Å²) < 4.78 is 5.36. The molecular formula is C28H24N6O4. The average molecular weight is 509 g/mol. The lowest BCUT2D eigenvalue weighted by atomic mass is 10.1. The maximum atomic E-state index is 13.6. The predicted octanol–water partition coefficient (Wildman–Crippen LogP) is 3.86. The van der Waals surface area contributed by atoms with Gasteiger partial charge in [0.15, 0.2) is 0 Å². The van der Waals surface area contributed by atoms with Crippen molar-refractivity contribution in [1.29, 1.82) is 0 Å². The molecule has 5 rings (SSSR count). The number of carbonyl (C=O) groups is 3. The highest BCUT2D eigenvalue weighted by Crippen LogP contribution is 2.30. The summed E-state index contributed by atoms with van der Waals surface area (Å²) in [5.41, 5.74) is 8.81. The molecule has 0 radical (unpaired) electrons. The van der Waals surface area contributed by atoms with Crippen molar-refractivity contribution in [1.82, 2.24) is 15.8 Å². The maximum absolute atomic E-state index is 13.6. The van der Waals surface area contributed by atoms with Gasteiger partial charge in [0.25, 0.3) is 5.91 Å². The third kappa shape index (κ3) is 5.45. The monoisotopic (exact) mass is 508 g/mol. The number of nitrogens with zero attached hydrogens (tertiary/aromatic N) is 2. The Morgan fingerprint density at radius 3 is 2.42 bits per heavy atom. The van der Waals surface area contributed by atoms with Crippen molar-refractivity contribution >= 4 is 34.8 Å². The van der Waals surface area contributed by atoms with Gasteiger partial charge >= 0.3 is 6.09 Å². The Hall–Kier alpha value is -5.22. The van der Waals surface area contributed by atoms with Crippen LogP contribution in [0, 0.1) is 0 Å². The lowest BCUT2D eigenvalue weighted by Gasteiger charge is -2.28. The van der Waals surface area contributed by atoms with Crippen molar-refractivity contribution in [2.24, 2.45) is 0 Å². The Labute approximate surface area is 218 Å². The van der Waals surface area contributed by atoms with Gasteiger partial charge in [0, 0.05) is 11.8 Å². The van der Waals surface area contributed by atoms with Crippen LogP contribution in [0.15, 0.2) is 103 Å². The summed E-state index contributed by atoms with van der Waals surface area (Å²) in [6, 6.07) is 28.1. The van der Waals surface area contributed by atoms with E-state index in [0.717, 1.165) is 11.3 Å². The molecule has 0 bridgehead atoms. The second kappa shape index (κ2) is 11.2. The first-order valence-electron chi connectivity index (χ1n) is 11.8. The highest BCUT2D eigenvalue weighted by molar-refractivity contribution is 6.13. The van der Waals surface area contributed by atoms with Crippen LogP contribution >= 0.6 is 0 Å². The summed E-state index contributed by atoms with van der Waals surface area (Å²) in [6.07, 6.45) is -0.510. The second-order valence-electron chi connectivity index (χ2n) is 8.31. The zero-order valence-electron chi connectivity index (χ0n) is 20.1. The van der Waals surface area contributed by atoms with Gasteiger partial charge in [-0.15, -0.1) is 5.53 Å². The molecule has 4 N–H and O–H groups in total. The summed E-state index contributed by atoms with van der Waals surface area (Å²) in [7, 11) is 0. The van der Waals surface area contributed by atoms with Crippen LogP contribution in [-0.4, -0.2) is 28.9 Å². The summed E-state index contributed by atoms with van der Waals surface area (Å²) in [4.78, 5) is 43.6. The number of aromatic nitrogens is 1. The highest BCUT2D eigenvalue weighted by atomic mass is 16.5. The molecule has 0 saturated carbocycles. The maximum Gasteiger partial charge on any atom is 0.409 e. The van der Waals surface area contributed by atoms with E-state index in [1.165, 1.54) is 11.2 Å². The summed E-state index contributed by atoms with van der Waals surface area (Å²) >= 11 is 0. The topological polar surface area (TPSA) is 125 Å².